The summed E-state index contributed by atoms with van der Waals surface area (Å²) in [4.78, 5) is 23.0. The number of hydrazine groups is 1. The van der Waals surface area contributed by atoms with E-state index >= 15 is 0 Å². The molecule has 0 atom stereocenters. The van der Waals surface area contributed by atoms with Gasteiger partial charge in [0.1, 0.15) is 12.1 Å². The van der Waals surface area contributed by atoms with Crippen LogP contribution in [0.15, 0.2) is 47.3 Å². The number of carbonyl (C=O) groups excluding carboxylic acids is 2. The Morgan fingerprint density at radius 1 is 1.11 bits per heavy atom. The lowest BCUT2D eigenvalue weighted by molar-refractivity contribution is -0.121. The Balaban J connectivity index is 1.82. The molecular weight excluding hydrogens is 251 g/mol. The van der Waals surface area contributed by atoms with Crippen LogP contribution in [0.5, 0.6) is 0 Å². The molecule has 0 saturated carbocycles. The van der Waals surface area contributed by atoms with Gasteiger partial charge in [-0.2, -0.15) is 0 Å². The second-order valence-electron chi connectivity index (χ2n) is 3.82. The number of nitrogens with one attached hydrogen (secondary N) is 2. The van der Waals surface area contributed by atoms with Crippen molar-refractivity contribution in [2.75, 3.05) is 0 Å². The molecule has 19 heavy (non-hydrogen) atoms. The van der Waals surface area contributed by atoms with Crippen LogP contribution in [0, 0.1) is 5.82 Å². The van der Waals surface area contributed by atoms with E-state index in [4.69, 9.17) is 4.42 Å². The third-order valence-electron chi connectivity index (χ3n) is 2.38. The van der Waals surface area contributed by atoms with Crippen molar-refractivity contribution in [2.45, 2.75) is 6.42 Å². The van der Waals surface area contributed by atoms with Crippen molar-refractivity contribution < 1.29 is 18.4 Å². The third kappa shape index (κ3) is 3.67. The topological polar surface area (TPSA) is 71.3 Å². The van der Waals surface area contributed by atoms with Gasteiger partial charge in [0.15, 0.2) is 0 Å². The summed E-state index contributed by atoms with van der Waals surface area (Å²) in [5.41, 5.74) is 5.46. The molecule has 0 aliphatic carbocycles. The minimum atomic E-state index is -0.471. The van der Waals surface area contributed by atoms with Crippen LogP contribution < -0.4 is 10.9 Å². The van der Waals surface area contributed by atoms with Gasteiger partial charge in [-0.1, -0.05) is 12.1 Å². The van der Waals surface area contributed by atoms with E-state index in [-0.39, 0.29) is 12.2 Å². The molecule has 2 amide bonds. The molecule has 0 aliphatic rings. The van der Waals surface area contributed by atoms with E-state index in [1.807, 2.05) is 0 Å². The Bertz CT molecular complexity index is 564. The first-order valence-corrected chi connectivity index (χ1v) is 5.51. The van der Waals surface area contributed by atoms with Gasteiger partial charge in [0, 0.05) is 0 Å². The van der Waals surface area contributed by atoms with Crippen LogP contribution in [0.25, 0.3) is 0 Å². The van der Waals surface area contributed by atoms with Gasteiger partial charge in [-0.05, 0) is 23.8 Å². The van der Waals surface area contributed by atoms with E-state index < -0.39 is 11.8 Å². The quantitative estimate of drug-likeness (QED) is 0.822. The molecule has 1 heterocycles. The Kier molecular flexibility index (Phi) is 3.92. The second-order valence-corrected chi connectivity index (χ2v) is 3.82. The Morgan fingerprint density at radius 2 is 1.84 bits per heavy atom. The second kappa shape index (κ2) is 5.81. The molecule has 98 valence electrons. The van der Waals surface area contributed by atoms with Crippen molar-refractivity contribution in [3.05, 3.63) is 59.8 Å². The van der Waals surface area contributed by atoms with Gasteiger partial charge in [-0.3, -0.25) is 20.4 Å². The maximum Gasteiger partial charge on any atom is 0.272 e. The summed E-state index contributed by atoms with van der Waals surface area (Å²) in [7, 11) is 0. The van der Waals surface area contributed by atoms with Crippen molar-refractivity contribution in [3.8, 4) is 0 Å². The highest BCUT2D eigenvalue weighted by Crippen LogP contribution is 2.03. The molecule has 2 rings (SSSR count). The molecule has 0 radical (unpaired) electrons. The number of carbonyl (C=O) groups is 2. The van der Waals surface area contributed by atoms with Crippen molar-refractivity contribution in [1.29, 1.82) is 0 Å². The molecule has 0 saturated heterocycles. The summed E-state index contributed by atoms with van der Waals surface area (Å²) in [6, 6.07) is 7.03. The van der Waals surface area contributed by atoms with Crippen LogP contribution in [-0.2, 0) is 11.2 Å². The van der Waals surface area contributed by atoms with E-state index in [2.05, 4.69) is 10.9 Å². The fourth-order valence-corrected chi connectivity index (χ4v) is 1.42. The molecule has 0 spiro atoms. The summed E-state index contributed by atoms with van der Waals surface area (Å²) in [5, 5.41) is 0. The standard InChI is InChI=1S/C13H11FN2O3/c14-11-3-1-9(2-4-11)7-12(17)15-16-13(18)10-5-6-19-8-10/h1-6,8H,7H2,(H,15,17)(H,16,18). The smallest absolute Gasteiger partial charge is 0.272 e. The fourth-order valence-electron chi connectivity index (χ4n) is 1.42. The highest BCUT2D eigenvalue weighted by atomic mass is 19.1. The van der Waals surface area contributed by atoms with Crippen molar-refractivity contribution in [2.24, 2.45) is 0 Å². The molecule has 2 aromatic rings. The zero-order chi connectivity index (χ0) is 13.7. The summed E-state index contributed by atoms with van der Waals surface area (Å²) >= 11 is 0. The third-order valence-corrected chi connectivity index (χ3v) is 2.38. The molecule has 0 bridgehead atoms. The number of hydrogen-bond acceptors (Lipinski definition) is 3. The largest absolute Gasteiger partial charge is 0.472 e. The van der Waals surface area contributed by atoms with Crippen LogP contribution >= 0.6 is 0 Å². The monoisotopic (exact) mass is 262 g/mol. The number of benzene rings is 1. The molecule has 5 nitrogen and oxygen atoms in total. The molecule has 2 N–H and O–H groups in total. The first kappa shape index (κ1) is 12.8. The minimum Gasteiger partial charge on any atom is -0.472 e. The number of hydrogen-bond donors (Lipinski definition) is 2. The molecular formula is C13H11FN2O3. The zero-order valence-electron chi connectivity index (χ0n) is 9.85. The lowest BCUT2D eigenvalue weighted by Crippen LogP contribution is -2.42. The molecule has 6 heteroatoms. The SMILES string of the molecule is O=C(Cc1ccc(F)cc1)NNC(=O)c1ccoc1. The van der Waals surface area contributed by atoms with E-state index in [9.17, 15) is 14.0 Å². The van der Waals surface area contributed by atoms with Crippen molar-refractivity contribution in [1.82, 2.24) is 10.9 Å². The molecule has 0 aliphatic heterocycles. The maximum absolute atomic E-state index is 12.7. The Labute approximate surface area is 108 Å². The number of amides is 2. The molecule has 0 fully saturated rings. The van der Waals surface area contributed by atoms with E-state index in [0.29, 0.717) is 11.1 Å². The summed E-state index contributed by atoms with van der Waals surface area (Å²) in [5.74, 6) is -1.23. The number of halogens is 1. The van der Waals surface area contributed by atoms with E-state index in [1.165, 1.54) is 42.9 Å². The number of furan rings is 1. The molecule has 0 unspecified atom stereocenters. The lowest BCUT2D eigenvalue weighted by atomic mass is 10.1. The lowest BCUT2D eigenvalue weighted by Gasteiger charge is -2.06. The van der Waals surface area contributed by atoms with Crippen molar-refractivity contribution >= 4 is 11.8 Å². The van der Waals surface area contributed by atoms with Gasteiger partial charge in [0.2, 0.25) is 5.91 Å². The predicted octanol–water partition coefficient (Wildman–Crippen LogP) is 1.42. The van der Waals surface area contributed by atoms with Gasteiger partial charge in [0.05, 0.1) is 18.2 Å². The highest BCUT2D eigenvalue weighted by Gasteiger charge is 2.08. The van der Waals surface area contributed by atoms with Crippen LogP contribution in [-0.4, -0.2) is 11.8 Å². The van der Waals surface area contributed by atoms with Crippen LogP contribution in [0.4, 0.5) is 4.39 Å². The maximum atomic E-state index is 12.7. The summed E-state index contributed by atoms with van der Waals surface area (Å²) < 4.78 is 17.4. The average Bonchev–Trinajstić information content (AvgIpc) is 2.93. The van der Waals surface area contributed by atoms with Gasteiger partial charge in [-0.15, -0.1) is 0 Å². The van der Waals surface area contributed by atoms with E-state index in [0.717, 1.165) is 0 Å². The van der Waals surface area contributed by atoms with Crippen LogP contribution in [0.1, 0.15) is 15.9 Å². The zero-order valence-corrected chi connectivity index (χ0v) is 9.85. The molecule has 1 aromatic carbocycles. The normalized spacial score (nSPS) is 9.95. The highest BCUT2D eigenvalue weighted by molar-refractivity contribution is 5.95. The van der Waals surface area contributed by atoms with Gasteiger partial charge >= 0.3 is 0 Å². The first-order valence-electron chi connectivity index (χ1n) is 5.51. The van der Waals surface area contributed by atoms with Crippen LogP contribution in [0.2, 0.25) is 0 Å². The predicted molar refractivity (Wildman–Crippen MR) is 64.4 cm³/mol. The number of rotatable bonds is 3. The van der Waals surface area contributed by atoms with Crippen LogP contribution in [0.3, 0.4) is 0 Å². The van der Waals surface area contributed by atoms with E-state index in [1.54, 1.807) is 0 Å². The van der Waals surface area contributed by atoms with Gasteiger partial charge in [-0.25, -0.2) is 4.39 Å². The first-order chi connectivity index (χ1) is 9.15. The van der Waals surface area contributed by atoms with Crippen molar-refractivity contribution in [3.63, 3.8) is 0 Å². The molecule has 1 aromatic heterocycles. The van der Waals surface area contributed by atoms with Gasteiger partial charge < -0.3 is 4.42 Å². The Hall–Kier alpha value is -2.63. The summed E-state index contributed by atoms with van der Waals surface area (Å²) in [6.07, 6.45) is 2.67. The average molecular weight is 262 g/mol. The Morgan fingerprint density at radius 3 is 2.47 bits per heavy atom. The fraction of sp³-hybridized carbons (Fsp3) is 0.0769. The van der Waals surface area contributed by atoms with Gasteiger partial charge in [0.25, 0.3) is 5.91 Å². The minimum absolute atomic E-state index is 0.0476. The summed E-state index contributed by atoms with van der Waals surface area (Å²) in [6.45, 7) is 0.